The highest BCUT2D eigenvalue weighted by Crippen LogP contribution is 2.29. The van der Waals surface area contributed by atoms with Crippen molar-refractivity contribution in [1.82, 2.24) is 15.2 Å². The molecule has 0 bridgehead atoms. The minimum atomic E-state index is 0.487. The molecule has 144 valence electrons. The van der Waals surface area contributed by atoms with Gasteiger partial charge in [-0.25, -0.2) is 4.98 Å². The van der Waals surface area contributed by atoms with E-state index in [9.17, 15) is 0 Å². The molecule has 1 aromatic rings. The normalized spacial score (nSPS) is 15.8. The zero-order chi connectivity index (χ0) is 18.8. The van der Waals surface area contributed by atoms with E-state index in [4.69, 9.17) is 20.9 Å². The van der Waals surface area contributed by atoms with Crippen molar-refractivity contribution in [1.29, 1.82) is 0 Å². The largest absolute Gasteiger partial charge is 0.491 e. The topological polar surface area (TPSA) is 111 Å². The lowest BCUT2D eigenvalue weighted by atomic mass is 10.3. The number of hydrogen-bond donors (Lipinski definition) is 4. The third-order valence-corrected chi connectivity index (χ3v) is 4.18. The number of hydrogen-bond acceptors (Lipinski definition) is 8. The molecule has 0 spiro atoms. The predicted octanol–water partition coefficient (Wildman–Crippen LogP) is 1.19. The van der Waals surface area contributed by atoms with Gasteiger partial charge in [0.2, 0.25) is 0 Å². The molecule has 6 N–H and O–H groups in total. The van der Waals surface area contributed by atoms with Gasteiger partial charge in [0, 0.05) is 31.9 Å². The molecule has 0 aliphatic carbocycles. The SMILES string of the molecule is CN/C(N)=C/C(=C\N)Nc1cc(OCCCN2CCCC2)c(OC)cn1. The lowest BCUT2D eigenvalue weighted by Crippen LogP contribution is -2.22. The van der Waals surface area contributed by atoms with Crippen LogP contribution in [0.1, 0.15) is 19.3 Å². The number of nitrogens with two attached hydrogens (primary N) is 2. The molecule has 1 aromatic heterocycles. The van der Waals surface area contributed by atoms with Crippen molar-refractivity contribution in [2.75, 3.05) is 45.7 Å². The van der Waals surface area contributed by atoms with E-state index in [1.165, 1.54) is 32.1 Å². The first kappa shape index (κ1) is 19.7. The zero-order valence-corrected chi connectivity index (χ0v) is 15.6. The maximum Gasteiger partial charge on any atom is 0.179 e. The van der Waals surface area contributed by atoms with Crippen LogP contribution in [-0.4, -0.2) is 50.3 Å². The summed E-state index contributed by atoms with van der Waals surface area (Å²) in [6.45, 7) is 4.09. The van der Waals surface area contributed by atoms with Crippen LogP contribution in [0.15, 0.2) is 36.1 Å². The standard InChI is InChI=1S/C18H30N6O2/c1-21-17(20)10-14(12-19)23-18-11-15(16(25-2)13-22-18)26-9-5-8-24-6-3-4-7-24/h10-13,21H,3-9,19-20H2,1-2H3,(H,22,23)/b14-12+,17-10+. The van der Waals surface area contributed by atoms with E-state index in [1.807, 2.05) is 0 Å². The Morgan fingerprint density at radius 2 is 2.12 bits per heavy atom. The number of ether oxygens (including phenoxy) is 2. The van der Waals surface area contributed by atoms with Gasteiger partial charge in [0.05, 0.1) is 31.4 Å². The van der Waals surface area contributed by atoms with E-state index in [-0.39, 0.29) is 0 Å². The van der Waals surface area contributed by atoms with E-state index in [2.05, 4.69) is 20.5 Å². The molecule has 8 heteroatoms. The van der Waals surface area contributed by atoms with Crippen molar-refractivity contribution >= 4 is 5.82 Å². The van der Waals surface area contributed by atoms with Crippen LogP contribution in [0.3, 0.4) is 0 Å². The second-order valence-corrected chi connectivity index (χ2v) is 6.07. The van der Waals surface area contributed by atoms with Gasteiger partial charge in [-0.15, -0.1) is 0 Å². The maximum absolute atomic E-state index is 5.91. The molecule has 0 radical (unpaired) electrons. The summed E-state index contributed by atoms with van der Waals surface area (Å²) in [6.07, 6.45) is 8.31. The van der Waals surface area contributed by atoms with E-state index in [0.717, 1.165) is 13.0 Å². The van der Waals surface area contributed by atoms with Crippen molar-refractivity contribution in [2.45, 2.75) is 19.3 Å². The zero-order valence-electron chi connectivity index (χ0n) is 15.6. The van der Waals surface area contributed by atoms with Gasteiger partial charge in [-0.1, -0.05) is 0 Å². The van der Waals surface area contributed by atoms with Crippen molar-refractivity contribution in [3.63, 3.8) is 0 Å². The van der Waals surface area contributed by atoms with Gasteiger partial charge < -0.3 is 36.5 Å². The van der Waals surface area contributed by atoms with Crippen molar-refractivity contribution in [3.8, 4) is 11.5 Å². The summed E-state index contributed by atoms with van der Waals surface area (Å²) in [5.41, 5.74) is 12.0. The Hall–Kier alpha value is -2.61. The number of nitrogens with zero attached hydrogens (tertiary/aromatic N) is 2. The molecule has 1 aliphatic rings. The highest BCUT2D eigenvalue weighted by atomic mass is 16.5. The lowest BCUT2D eigenvalue weighted by Gasteiger charge is -2.16. The van der Waals surface area contributed by atoms with E-state index < -0.39 is 0 Å². The van der Waals surface area contributed by atoms with Gasteiger partial charge >= 0.3 is 0 Å². The molecule has 1 fully saturated rings. The predicted molar refractivity (Wildman–Crippen MR) is 104 cm³/mol. The summed E-state index contributed by atoms with van der Waals surface area (Å²) in [5, 5.41) is 5.94. The van der Waals surface area contributed by atoms with E-state index in [0.29, 0.717) is 35.4 Å². The Morgan fingerprint density at radius 1 is 1.35 bits per heavy atom. The first-order valence-corrected chi connectivity index (χ1v) is 8.89. The molecular formula is C18H30N6O2. The number of rotatable bonds is 10. The third kappa shape index (κ3) is 6.03. The Labute approximate surface area is 155 Å². The Kier molecular flexibility index (Phi) is 7.88. The van der Waals surface area contributed by atoms with Crippen LogP contribution in [0.4, 0.5) is 5.82 Å². The van der Waals surface area contributed by atoms with Crippen LogP contribution in [0, 0.1) is 0 Å². The number of methoxy groups -OCH3 is 1. The van der Waals surface area contributed by atoms with Gasteiger partial charge in [-0.2, -0.15) is 0 Å². The first-order valence-electron chi connectivity index (χ1n) is 8.89. The van der Waals surface area contributed by atoms with Crippen LogP contribution in [0.2, 0.25) is 0 Å². The number of nitrogens with one attached hydrogen (secondary N) is 2. The average Bonchev–Trinajstić information content (AvgIpc) is 3.18. The fourth-order valence-corrected chi connectivity index (χ4v) is 2.75. The molecule has 1 aliphatic heterocycles. The second kappa shape index (κ2) is 10.4. The molecule has 26 heavy (non-hydrogen) atoms. The number of likely N-dealkylation sites (tertiary alicyclic amines) is 1. The summed E-state index contributed by atoms with van der Waals surface area (Å²) < 4.78 is 11.2. The van der Waals surface area contributed by atoms with Crippen LogP contribution < -0.4 is 31.6 Å². The molecule has 8 nitrogen and oxygen atoms in total. The van der Waals surface area contributed by atoms with Crippen LogP contribution in [0.25, 0.3) is 0 Å². The average molecular weight is 362 g/mol. The maximum atomic E-state index is 5.91. The lowest BCUT2D eigenvalue weighted by molar-refractivity contribution is 0.254. The third-order valence-electron chi connectivity index (χ3n) is 4.18. The first-order chi connectivity index (χ1) is 12.7. The van der Waals surface area contributed by atoms with Crippen molar-refractivity contribution in [3.05, 3.63) is 36.1 Å². The molecule has 0 atom stereocenters. The fraction of sp³-hybridized carbons (Fsp3) is 0.500. The summed E-state index contributed by atoms with van der Waals surface area (Å²) in [5.74, 6) is 2.33. The molecule has 0 amide bonds. The highest BCUT2D eigenvalue weighted by molar-refractivity contribution is 5.52. The molecular weight excluding hydrogens is 332 g/mol. The van der Waals surface area contributed by atoms with Gasteiger partial charge in [0.1, 0.15) is 5.82 Å². The van der Waals surface area contributed by atoms with Gasteiger partial charge in [0.25, 0.3) is 0 Å². The Balaban J connectivity index is 1.95. The van der Waals surface area contributed by atoms with Crippen LogP contribution in [-0.2, 0) is 0 Å². The highest BCUT2D eigenvalue weighted by Gasteiger charge is 2.12. The van der Waals surface area contributed by atoms with Crippen LogP contribution >= 0.6 is 0 Å². The second-order valence-electron chi connectivity index (χ2n) is 6.07. The number of aromatic nitrogens is 1. The number of allylic oxidation sites excluding steroid dienone is 1. The molecule has 2 heterocycles. The van der Waals surface area contributed by atoms with E-state index >= 15 is 0 Å². The Bertz CT molecular complexity index is 626. The molecule has 0 saturated carbocycles. The molecule has 2 rings (SSSR count). The number of pyridine rings is 1. The minimum absolute atomic E-state index is 0.487. The van der Waals surface area contributed by atoms with Crippen molar-refractivity contribution in [2.24, 2.45) is 11.5 Å². The summed E-state index contributed by atoms with van der Waals surface area (Å²) >= 11 is 0. The molecule has 1 saturated heterocycles. The van der Waals surface area contributed by atoms with Crippen molar-refractivity contribution < 1.29 is 9.47 Å². The Morgan fingerprint density at radius 3 is 2.77 bits per heavy atom. The monoisotopic (exact) mass is 362 g/mol. The van der Waals surface area contributed by atoms with Crippen LogP contribution in [0.5, 0.6) is 11.5 Å². The summed E-state index contributed by atoms with van der Waals surface area (Å²) in [4.78, 5) is 6.78. The number of anilines is 1. The smallest absolute Gasteiger partial charge is 0.179 e. The molecule has 0 unspecified atom stereocenters. The summed E-state index contributed by atoms with van der Waals surface area (Å²) in [7, 11) is 3.34. The fourth-order valence-electron chi connectivity index (χ4n) is 2.75. The van der Waals surface area contributed by atoms with Gasteiger partial charge in [-0.3, -0.25) is 0 Å². The quantitative estimate of drug-likeness (QED) is 0.363. The minimum Gasteiger partial charge on any atom is -0.491 e. The van der Waals surface area contributed by atoms with Gasteiger partial charge in [0.15, 0.2) is 11.5 Å². The van der Waals surface area contributed by atoms with Gasteiger partial charge in [-0.05, 0) is 32.4 Å². The van der Waals surface area contributed by atoms with E-state index in [1.54, 1.807) is 32.5 Å². The molecule has 0 aromatic carbocycles. The summed E-state index contributed by atoms with van der Waals surface area (Å²) in [6, 6.07) is 1.79.